The van der Waals surface area contributed by atoms with Crippen molar-refractivity contribution in [2.75, 3.05) is 0 Å². The summed E-state index contributed by atoms with van der Waals surface area (Å²) >= 11 is 0. The molecule has 0 aliphatic carbocycles. The van der Waals surface area contributed by atoms with Gasteiger partial charge in [0.2, 0.25) is 0 Å². The standard InChI is InChI=1S/C101H63N7/c1-6-26-64(27-7-1)87-57-72(58-90(102-87)77-43-24-44-78-76(77)42-25-49-95(78)108-94-47-21-18-41-81(94)85-59-83-79-39-16-19-45-92(79)105(97(83)62-99(85)108)73-35-12-4-13-36-73)68-33-22-32-67(54-68)69-51-53-96-82(56-69)86-60-84-80-40-17-20-46-93(80)106(74-37-14-5-15-38-74)98(84)63-100(86)107(96)91-48-23-34-70-55-71(50-52-75(70)91)101-103-88(65-28-8-2-9-29-65)61-89(104-101)66-30-10-3-11-31-66/h1-63H. The molecule has 7 nitrogen and oxygen atoms in total. The summed E-state index contributed by atoms with van der Waals surface area (Å²) in [6.07, 6.45) is 0. The number of para-hydroxylation sites is 5. The second kappa shape index (κ2) is 24.6. The number of hydrogen-bond donors (Lipinski definition) is 0. The molecule has 22 rings (SSSR count). The number of rotatable bonds is 11. The lowest BCUT2D eigenvalue weighted by Crippen LogP contribution is -1.98. The average molecular weight is 1370 g/mol. The van der Waals surface area contributed by atoms with Crippen molar-refractivity contribution in [1.82, 2.24) is 33.2 Å². The van der Waals surface area contributed by atoms with Gasteiger partial charge in [-0.3, -0.25) is 0 Å². The van der Waals surface area contributed by atoms with Gasteiger partial charge < -0.3 is 18.3 Å². The van der Waals surface area contributed by atoms with Gasteiger partial charge in [0.05, 0.1) is 78.3 Å². The van der Waals surface area contributed by atoms with Crippen LogP contribution in [-0.4, -0.2) is 33.2 Å². The van der Waals surface area contributed by atoms with Crippen LogP contribution in [-0.2, 0) is 0 Å². The molecule has 0 N–H and O–H groups in total. The predicted octanol–water partition coefficient (Wildman–Crippen LogP) is 26.2. The van der Waals surface area contributed by atoms with Crippen LogP contribution < -0.4 is 0 Å². The second-order valence-electron chi connectivity index (χ2n) is 28.2. The Morgan fingerprint density at radius 3 is 1.13 bits per heavy atom. The van der Waals surface area contributed by atoms with Crippen LogP contribution in [0, 0.1) is 0 Å². The van der Waals surface area contributed by atoms with E-state index in [0.717, 1.165) is 156 Å². The summed E-state index contributed by atoms with van der Waals surface area (Å²) in [7, 11) is 0. The van der Waals surface area contributed by atoms with Crippen molar-refractivity contribution in [3.05, 3.63) is 382 Å². The SMILES string of the molecule is c1ccc(-c2cc(-c3cccc(-c4ccc5c(c4)c4cc6c7ccccc7n(-c7ccccc7)c6cc4n5-c4cccc5cc(-c6nc(-c7ccccc7)cc(-c7ccccc7)n6)ccc45)c3)cc(-c3cccc4c(-n5c6ccccc6c6cc7c8ccccc8n(-c8ccccc8)c7cc65)cccc34)n2)cc1. The highest BCUT2D eigenvalue weighted by Gasteiger charge is 2.24. The average Bonchev–Trinajstić information content (AvgIpc) is 1.56. The third-order valence-corrected chi connectivity index (χ3v) is 22.1. The minimum atomic E-state index is 0.676. The number of pyridine rings is 1. The van der Waals surface area contributed by atoms with Gasteiger partial charge in [0.15, 0.2) is 5.82 Å². The molecule has 0 fully saturated rings. The van der Waals surface area contributed by atoms with E-state index in [1.807, 2.05) is 12.1 Å². The topological polar surface area (TPSA) is 58.4 Å². The maximum atomic E-state index is 5.61. The molecule has 0 unspecified atom stereocenters. The van der Waals surface area contributed by atoms with E-state index in [2.05, 4.69) is 388 Å². The van der Waals surface area contributed by atoms with Crippen molar-refractivity contribution >= 4 is 109 Å². The normalized spacial score (nSPS) is 11.9. The summed E-state index contributed by atoms with van der Waals surface area (Å²) in [5.74, 6) is 0.676. The number of nitrogens with zero attached hydrogens (tertiary/aromatic N) is 7. The van der Waals surface area contributed by atoms with Crippen molar-refractivity contribution in [3.8, 4) is 101 Å². The van der Waals surface area contributed by atoms with Crippen molar-refractivity contribution in [2.24, 2.45) is 0 Å². The summed E-state index contributed by atoms with van der Waals surface area (Å²) < 4.78 is 9.82. The zero-order valence-electron chi connectivity index (χ0n) is 58.5. The lowest BCUT2D eigenvalue weighted by molar-refractivity contribution is 1.17. The molecule has 0 atom stereocenters. The fourth-order valence-electron chi connectivity index (χ4n) is 17.2. The fourth-order valence-corrected chi connectivity index (χ4v) is 17.2. The number of aromatic nitrogens is 7. The van der Waals surface area contributed by atoms with Gasteiger partial charge in [-0.2, -0.15) is 0 Å². The zero-order valence-corrected chi connectivity index (χ0v) is 58.5. The summed E-state index contributed by atoms with van der Waals surface area (Å²) in [6, 6.07) is 139. The Morgan fingerprint density at radius 2 is 0.556 bits per heavy atom. The van der Waals surface area contributed by atoms with E-state index in [1.165, 1.54) is 48.7 Å². The van der Waals surface area contributed by atoms with Crippen molar-refractivity contribution in [2.45, 2.75) is 0 Å². The van der Waals surface area contributed by atoms with Crippen LogP contribution in [0.4, 0.5) is 0 Å². The van der Waals surface area contributed by atoms with Crippen LogP contribution in [0.3, 0.4) is 0 Å². The Balaban J connectivity index is 0.697. The number of benzene rings is 16. The molecular weight excluding hydrogens is 1310 g/mol. The summed E-state index contributed by atoms with van der Waals surface area (Å²) in [4.78, 5) is 16.1. The largest absolute Gasteiger partial charge is 0.309 e. The predicted molar refractivity (Wildman–Crippen MR) is 450 cm³/mol. The molecule has 108 heavy (non-hydrogen) atoms. The van der Waals surface area contributed by atoms with Gasteiger partial charge in [-0.25, -0.2) is 15.0 Å². The van der Waals surface area contributed by atoms with Gasteiger partial charge in [0.25, 0.3) is 0 Å². The minimum Gasteiger partial charge on any atom is -0.309 e. The second-order valence-corrected chi connectivity index (χ2v) is 28.2. The number of hydrogen-bond acceptors (Lipinski definition) is 3. The Morgan fingerprint density at radius 1 is 0.167 bits per heavy atom. The highest BCUT2D eigenvalue weighted by molar-refractivity contribution is 6.22. The molecule has 22 aromatic rings. The Labute approximate surface area is 621 Å². The Bertz CT molecular complexity index is 7340. The van der Waals surface area contributed by atoms with Gasteiger partial charge >= 0.3 is 0 Å². The quantitative estimate of drug-likeness (QED) is 0.130. The molecule has 0 radical (unpaired) electrons. The summed E-state index contributed by atoms with van der Waals surface area (Å²) in [5.41, 5.74) is 26.8. The first-order valence-electron chi connectivity index (χ1n) is 36.9. The van der Waals surface area contributed by atoms with Gasteiger partial charge in [0, 0.05) is 93.1 Å². The molecule has 6 aromatic heterocycles. The first-order chi connectivity index (χ1) is 53.5. The first-order valence-corrected chi connectivity index (χ1v) is 36.9. The lowest BCUT2D eigenvalue weighted by atomic mass is 9.94. The van der Waals surface area contributed by atoms with Crippen LogP contribution in [0.1, 0.15) is 0 Å². The fraction of sp³-hybridized carbons (Fsp3) is 0. The minimum absolute atomic E-state index is 0.676. The van der Waals surface area contributed by atoms with Crippen LogP contribution in [0.15, 0.2) is 382 Å². The van der Waals surface area contributed by atoms with Crippen molar-refractivity contribution in [3.63, 3.8) is 0 Å². The molecule has 16 aromatic carbocycles. The molecule has 0 saturated carbocycles. The van der Waals surface area contributed by atoms with Crippen molar-refractivity contribution in [1.29, 1.82) is 0 Å². The van der Waals surface area contributed by atoms with E-state index in [-0.39, 0.29) is 0 Å². The molecule has 0 saturated heterocycles. The monoisotopic (exact) mass is 1370 g/mol. The molecule has 6 heterocycles. The maximum Gasteiger partial charge on any atom is 0.160 e. The Kier molecular flexibility index (Phi) is 13.9. The Hall–Kier alpha value is -14.5. The molecule has 0 bridgehead atoms. The summed E-state index contributed by atoms with van der Waals surface area (Å²) in [5, 5.41) is 14.1. The van der Waals surface area contributed by atoms with Gasteiger partial charge in [-0.15, -0.1) is 0 Å². The van der Waals surface area contributed by atoms with Gasteiger partial charge in [0.1, 0.15) is 0 Å². The third-order valence-electron chi connectivity index (χ3n) is 22.1. The third kappa shape index (κ3) is 9.79. The lowest BCUT2D eigenvalue weighted by Gasteiger charge is -2.16. The first kappa shape index (κ1) is 61.0. The van der Waals surface area contributed by atoms with Crippen LogP contribution in [0.5, 0.6) is 0 Å². The molecule has 0 aliphatic rings. The molecule has 0 spiro atoms. The highest BCUT2D eigenvalue weighted by atomic mass is 15.0. The van der Waals surface area contributed by atoms with E-state index in [1.54, 1.807) is 0 Å². The molecule has 0 aliphatic heterocycles. The van der Waals surface area contributed by atoms with E-state index in [4.69, 9.17) is 15.0 Å². The van der Waals surface area contributed by atoms with Crippen LogP contribution >= 0.6 is 0 Å². The highest BCUT2D eigenvalue weighted by Crippen LogP contribution is 2.46. The van der Waals surface area contributed by atoms with Gasteiger partial charge in [-0.05, 0) is 154 Å². The smallest absolute Gasteiger partial charge is 0.160 e. The van der Waals surface area contributed by atoms with Crippen molar-refractivity contribution < 1.29 is 0 Å². The molecule has 7 heteroatoms. The van der Waals surface area contributed by atoms with Gasteiger partial charge in [-0.1, -0.05) is 261 Å². The van der Waals surface area contributed by atoms with Crippen LogP contribution in [0.2, 0.25) is 0 Å². The van der Waals surface area contributed by atoms with E-state index >= 15 is 0 Å². The molecule has 502 valence electrons. The molecular formula is C101H63N7. The van der Waals surface area contributed by atoms with E-state index in [0.29, 0.717) is 5.82 Å². The summed E-state index contributed by atoms with van der Waals surface area (Å²) in [6.45, 7) is 0. The van der Waals surface area contributed by atoms with Crippen LogP contribution in [0.25, 0.3) is 210 Å². The zero-order chi connectivity index (χ0) is 70.9. The molecule has 0 amide bonds. The van der Waals surface area contributed by atoms with E-state index in [9.17, 15) is 0 Å². The van der Waals surface area contributed by atoms with E-state index < -0.39 is 0 Å². The number of fused-ring (bicyclic) bond motifs is 14. The maximum absolute atomic E-state index is 5.61.